The maximum absolute atomic E-state index is 14.6. The molecule has 0 spiro atoms. The van der Waals surface area contributed by atoms with Crippen molar-refractivity contribution < 1.29 is 4.39 Å². The van der Waals surface area contributed by atoms with Crippen LogP contribution in [0, 0.1) is 5.82 Å². The van der Waals surface area contributed by atoms with Gasteiger partial charge < -0.3 is 4.90 Å². The van der Waals surface area contributed by atoms with Crippen LogP contribution in [0.3, 0.4) is 0 Å². The summed E-state index contributed by atoms with van der Waals surface area (Å²) in [4.78, 5) is 2.32. The molecule has 0 atom stereocenters. The topological polar surface area (TPSA) is 3.24 Å². The van der Waals surface area contributed by atoms with E-state index < -0.39 is 8.07 Å². The van der Waals surface area contributed by atoms with Crippen molar-refractivity contribution in [2.24, 2.45) is 0 Å². The van der Waals surface area contributed by atoms with Crippen molar-refractivity contribution in [2.75, 3.05) is 4.90 Å². The Bertz CT molecular complexity index is 3000. The number of halogens is 1. The van der Waals surface area contributed by atoms with Crippen LogP contribution in [0.4, 0.5) is 21.5 Å². The van der Waals surface area contributed by atoms with Crippen molar-refractivity contribution in [1.29, 1.82) is 0 Å². The van der Waals surface area contributed by atoms with Crippen LogP contribution in [-0.2, 0) is 10.8 Å². The minimum absolute atomic E-state index is 0.164. The van der Waals surface area contributed by atoms with Gasteiger partial charge in [0.15, 0.2) is 8.07 Å². The molecule has 0 fully saturated rings. The van der Waals surface area contributed by atoms with Gasteiger partial charge in [0.25, 0.3) is 0 Å². The fourth-order valence-corrected chi connectivity index (χ4v) is 15.5. The molecule has 3 heteroatoms. The van der Waals surface area contributed by atoms with E-state index in [4.69, 9.17) is 0 Å². The summed E-state index contributed by atoms with van der Waals surface area (Å²) in [5, 5.41) is 10.7. The Balaban J connectivity index is 1.09. The second kappa shape index (κ2) is 13.0. The van der Waals surface area contributed by atoms with E-state index in [9.17, 15) is 4.39 Å². The highest BCUT2D eigenvalue weighted by Gasteiger charge is 2.44. The van der Waals surface area contributed by atoms with Gasteiger partial charge in [-0.15, -0.1) is 0 Å². The number of rotatable bonds is 7. The van der Waals surface area contributed by atoms with Crippen LogP contribution in [0.15, 0.2) is 194 Å². The Hall–Kier alpha value is -6.55. The van der Waals surface area contributed by atoms with Gasteiger partial charge in [-0.2, -0.15) is 0 Å². The summed E-state index contributed by atoms with van der Waals surface area (Å²) in [6, 6.07) is 70.7. The molecule has 0 saturated heterocycles. The van der Waals surface area contributed by atoms with Crippen LogP contribution in [0.25, 0.3) is 32.7 Å². The third-order valence-corrected chi connectivity index (χ3v) is 18.4. The van der Waals surface area contributed by atoms with Gasteiger partial charge in [0.05, 0.1) is 0 Å². The molecular weight excluding hydrogens is 734 g/mol. The molecule has 9 aromatic carbocycles. The van der Waals surface area contributed by atoms with Crippen molar-refractivity contribution in [3.05, 3.63) is 222 Å². The van der Waals surface area contributed by atoms with Gasteiger partial charge in [0.2, 0.25) is 0 Å². The smallest absolute Gasteiger partial charge is 0.179 e. The molecule has 0 heterocycles. The first-order valence-electron chi connectivity index (χ1n) is 20.7. The highest BCUT2D eigenvalue weighted by molar-refractivity contribution is 7.19. The molecule has 2 aliphatic rings. The van der Waals surface area contributed by atoms with E-state index in [-0.39, 0.29) is 16.6 Å². The third-order valence-electron chi connectivity index (χ3n) is 13.6. The number of hydrogen-bond donors (Lipinski definition) is 0. The van der Waals surface area contributed by atoms with Crippen molar-refractivity contribution >= 4 is 67.4 Å². The molecule has 0 unspecified atom stereocenters. The van der Waals surface area contributed by atoms with Gasteiger partial charge in [0, 0.05) is 27.9 Å². The highest BCUT2D eigenvalue weighted by atomic mass is 28.3. The first-order chi connectivity index (χ1) is 28.7. The summed E-state index contributed by atoms with van der Waals surface area (Å²) in [7, 11) is -2.72. The van der Waals surface area contributed by atoms with Crippen molar-refractivity contribution in [2.45, 2.75) is 38.5 Å². The van der Waals surface area contributed by atoms with E-state index in [1.54, 1.807) is 12.1 Å². The van der Waals surface area contributed by atoms with Crippen molar-refractivity contribution in [3.8, 4) is 11.1 Å². The largest absolute Gasteiger partial charge is 0.310 e. The number of nitrogens with zero attached hydrogens (tertiary/aromatic N) is 1. The van der Waals surface area contributed by atoms with Gasteiger partial charge in [0.1, 0.15) is 5.82 Å². The number of hydrogen-bond acceptors (Lipinski definition) is 1. The molecule has 0 aromatic heterocycles. The molecule has 11 rings (SSSR count). The molecule has 1 nitrogen and oxygen atoms in total. The lowest BCUT2D eigenvalue weighted by Gasteiger charge is -2.35. The lowest BCUT2D eigenvalue weighted by molar-refractivity contribution is 0.628. The Kier molecular flexibility index (Phi) is 7.83. The Morgan fingerprint density at radius 2 is 0.881 bits per heavy atom. The molecule has 0 aliphatic heterocycles. The Morgan fingerprint density at radius 1 is 0.373 bits per heavy atom. The van der Waals surface area contributed by atoms with Gasteiger partial charge in [-0.05, 0) is 124 Å². The lowest BCUT2D eigenvalue weighted by atomic mass is 9.81. The van der Waals surface area contributed by atoms with Crippen molar-refractivity contribution in [3.63, 3.8) is 0 Å². The van der Waals surface area contributed by atoms with Crippen LogP contribution in [-0.4, -0.2) is 8.07 Å². The maximum atomic E-state index is 14.6. The quantitative estimate of drug-likeness (QED) is 0.0885. The zero-order valence-corrected chi connectivity index (χ0v) is 34.8. The number of benzene rings is 9. The van der Waals surface area contributed by atoms with Gasteiger partial charge in [-0.1, -0.05) is 173 Å². The minimum Gasteiger partial charge on any atom is -0.310 e. The first kappa shape index (κ1) is 35.6. The van der Waals surface area contributed by atoms with E-state index in [1.807, 2.05) is 12.1 Å². The van der Waals surface area contributed by atoms with E-state index in [0.717, 1.165) is 17.1 Å². The SMILES string of the molecule is CC1(C)c2cc(N(c3ccc(F)cc3)c3cc4c5c(ccc6cccc(c65)C4(C)C)c3)ccc2-c2ccc([Si](c3ccccc3)(c3ccccc3)c3ccccc3)cc21. The molecule has 2 aliphatic carbocycles. The minimum atomic E-state index is -2.72. The van der Waals surface area contributed by atoms with Crippen LogP contribution < -0.4 is 25.6 Å². The fourth-order valence-electron chi connectivity index (χ4n) is 10.7. The van der Waals surface area contributed by atoms with Crippen LogP contribution in [0.2, 0.25) is 0 Å². The predicted octanol–water partition coefficient (Wildman–Crippen LogP) is 11.9. The van der Waals surface area contributed by atoms with Crippen molar-refractivity contribution in [1.82, 2.24) is 0 Å². The standard InChI is InChI=1S/C56H44FNSi/c1-55(2)49-22-14-15-37-23-24-38-33-42(35-52(55)54(38)53(37)49)58(40-27-25-39(57)26-28-40)41-29-31-47-48-32-30-46(36-51(48)56(3,4)50(47)34-41)59(43-16-8-5-9-17-43,44-18-10-6-11-19-44)45-20-12-7-13-21-45/h5-36H,1-4H3. The molecule has 0 amide bonds. The van der Waals surface area contributed by atoms with E-state index in [0.29, 0.717) is 0 Å². The lowest BCUT2D eigenvalue weighted by Crippen LogP contribution is -2.74. The maximum Gasteiger partial charge on any atom is 0.179 e. The second-order valence-corrected chi connectivity index (χ2v) is 21.3. The summed E-state index contributed by atoms with van der Waals surface area (Å²) in [6.07, 6.45) is 0. The predicted molar refractivity (Wildman–Crippen MR) is 249 cm³/mol. The highest BCUT2D eigenvalue weighted by Crippen LogP contribution is 2.53. The summed E-state index contributed by atoms with van der Waals surface area (Å²) < 4.78 is 14.6. The summed E-state index contributed by atoms with van der Waals surface area (Å²) in [5.41, 5.74) is 10.5. The monoisotopic (exact) mass is 777 g/mol. The zero-order valence-electron chi connectivity index (χ0n) is 33.8. The van der Waals surface area contributed by atoms with Gasteiger partial charge in [-0.3, -0.25) is 0 Å². The average molecular weight is 778 g/mol. The summed E-state index contributed by atoms with van der Waals surface area (Å²) >= 11 is 0. The molecule has 0 radical (unpaired) electrons. The Labute approximate surface area is 347 Å². The molecule has 9 aromatic rings. The fraction of sp³-hybridized carbons (Fsp3) is 0.107. The number of fused-ring (bicyclic) bond motifs is 3. The van der Waals surface area contributed by atoms with Crippen LogP contribution in [0.5, 0.6) is 0 Å². The number of anilines is 3. The normalized spacial score (nSPS) is 14.5. The summed E-state index contributed by atoms with van der Waals surface area (Å²) in [6.45, 7) is 9.45. The van der Waals surface area contributed by atoms with Crippen LogP contribution >= 0.6 is 0 Å². The Morgan fingerprint density at radius 3 is 1.51 bits per heavy atom. The average Bonchev–Trinajstić information content (AvgIpc) is 3.64. The third kappa shape index (κ3) is 5.14. The molecule has 59 heavy (non-hydrogen) atoms. The van der Waals surface area contributed by atoms with Gasteiger partial charge in [-0.25, -0.2) is 4.39 Å². The van der Waals surface area contributed by atoms with Gasteiger partial charge >= 0.3 is 0 Å². The molecule has 284 valence electrons. The van der Waals surface area contributed by atoms with E-state index in [2.05, 4.69) is 202 Å². The first-order valence-corrected chi connectivity index (χ1v) is 22.7. The molecule has 0 N–H and O–H groups in total. The zero-order chi connectivity index (χ0) is 40.1. The van der Waals surface area contributed by atoms with Crippen LogP contribution in [0.1, 0.15) is 49.9 Å². The summed E-state index contributed by atoms with van der Waals surface area (Å²) in [5.74, 6) is -0.243. The molecule has 0 saturated carbocycles. The second-order valence-electron chi connectivity index (χ2n) is 17.5. The molecular formula is C56H44FNSi. The van der Waals surface area contributed by atoms with E-state index in [1.165, 1.54) is 75.7 Å². The van der Waals surface area contributed by atoms with E-state index >= 15 is 0 Å². The molecule has 0 bridgehead atoms.